The van der Waals surface area contributed by atoms with E-state index in [-0.39, 0.29) is 6.04 Å². The van der Waals surface area contributed by atoms with Crippen LogP contribution in [0.4, 0.5) is 0 Å². The molecule has 0 aliphatic heterocycles. The lowest BCUT2D eigenvalue weighted by Gasteiger charge is -2.11. The summed E-state index contributed by atoms with van der Waals surface area (Å²) in [6.45, 7) is 4.35. The largest absolute Gasteiger partial charge is 0.486 e. The topological polar surface area (TPSA) is 61.3 Å². The average Bonchev–Trinajstić information content (AvgIpc) is 2.83. The van der Waals surface area contributed by atoms with Gasteiger partial charge in [0.2, 0.25) is 0 Å². The molecule has 0 bridgehead atoms. The van der Waals surface area contributed by atoms with Gasteiger partial charge in [0.05, 0.1) is 4.47 Å². The van der Waals surface area contributed by atoms with Crippen LogP contribution in [0.5, 0.6) is 5.75 Å². The standard InChI is InChI=1S/C15H19BrN2O2/c1-3-12(17)7-11-4-5-15(14(16)8-11)19-9-13-6-10(2)20-18-13/h4-6,8,12H,3,7,9,17H2,1-2H3. The van der Waals surface area contributed by atoms with Crippen molar-refractivity contribution < 1.29 is 9.26 Å². The molecule has 108 valence electrons. The molecule has 1 aromatic carbocycles. The molecule has 20 heavy (non-hydrogen) atoms. The summed E-state index contributed by atoms with van der Waals surface area (Å²) in [6.07, 6.45) is 1.85. The lowest BCUT2D eigenvalue weighted by Crippen LogP contribution is -2.21. The number of ether oxygens (including phenoxy) is 1. The third-order valence-electron chi connectivity index (χ3n) is 3.07. The average molecular weight is 339 g/mol. The van der Waals surface area contributed by atoms with Crippen LogP contribution in [0.25, 0.3) is 0 Å². The molecule has 4 nitrogen and oxygen atoms in total. The number of hydrogen-bond donors (Lipinski definition) is 1. The van der Waals surface area contributed by atoms with Gasteiger partial charge in [0.15, 0.2) is 0 Å². The van der Waals surface area contributed by atoms with Crippen LogP contribution < -0.4 is 10.5 Å². The highest BCUT2D eigenvalue weighted by atomic mass is 79.9. The fourth-order valence-electron chi connectivity index (χ4n) is 1.87. The number of aromatic nitrogens is 1. The fourth-order valence-corrected chi connectivity index (χ4v) is 2.41. The predicted molar refractivity (Wildman–Crippen MR) is 81.7 cm³/mol. The molecule has 1 unspecified atom stereocenters. The van der Waals surface area contributed by atoms with Gasteiger partial charge in [0.1, 0.15) is 23.8 Å². The zero-order chi connectivity index (χ0) is 14.5. The first-order valence-corrected chi connectivity index (χ1v) is 7.46. The maximum atomic E-state index is 5.96. The second-order valence-corrected chi connectivity index (χ2v) is 5.71. The smallest absolute Gasteiger partial charge is 0.134 e. The molecule has 0 fully saturated rings. The van der Waals surface area contributed by atoms with E-state index in [1.807, 2.05) is 25.1 Å². The summed E-state index contributed by atoms with van der Waals surface area (Å²) >= 11 is 3.53. The second-order valence-electron chi connectivity index (χ2n) is 4.85. The Bertz CT molecular complexity index is 569. The Morgan fingerprint density at radius 2 is 2.20 bits per heavy atom. The van der Waals surface area contributed by atoms with Crippen LogP contribution >= 0.6 is 15.9 Å². The molecule has 1 atom stereocenters. The maximum absolute atomic E-state index is 5.96. The van der Waals surface area contributed by atoms with E-state index in [0.29, 0.717) is 6.61 Å². The summed E-state index contributed by atoms with van der Waals surface area (Å²) in [5.74, 6) is 1.58. The normalized spacial score (nSPS) is 12.4. The van der Waals surface area contributed by atoms with E-state index in [0.717, 1.165) is 34.5 Å². The van der Waals surface area contributed by atoms with Crippen molar-refractivity contribution in [2.24, 2.45) is 5.73 Å². The van der Waals surface area contributed by atoms with Gasteiger partial charge in [0, 0.05) is 12.1 Å². The van der Waals surface area contributed by atoms with E-state index >= 15 is 0 Å². The molecular weight excluding hydrogens is 320 g/mol. The van der Waals surface area contributed by atoms with Crippen molar-refractivity contribution in [1.82, 2.24) is 5.16 Å². The molecule has 2 N–H and O–H groups in total. The monoisotopic (exact) mass is 338 g/mol. The number of nitrogens with two attached hydrogens (primary N) is 1. The van der Waals surface area contributed by atoms with Crippen molar-refractivity contribution in [3.63, 3.8) is 0 Å². The molecule has 0 spiro atoms. The second kappa shape index (κ2) is 6.90. The number of halogens is 1. The minimum atomic E-state index is 0.201. The van der Waals surface area contributed by atoms with Crippen molar-refractivity contribution in [1.29, 1.82) is 0 Å². The zero-order valence-corrected chi connectivity index (χ0v) is 13.3. The molecule has 1 aromatic heterocycles. The van der Waals surface area contributed by atoms with Gasteiger partial charge in [-0.2, -0.15) is 0 Å². The number of nitrogens with zero attached hydrogens (tertiary/aromatic N) is 1. The summed E-state index contributed by atoms with van der Waals surface area (Å²) < 4.78 is 11.7. The molecule has 0 aliphatic carbocycles. The van der Waals surface area contributed by atoms with Crippen LogP contribution in [0.3, 0.4) is 0 Å². The predicted octanol–water partition coefficient (Wildman–Crippen LogP) is 3.60. The summed E-state index contributed by atoms with van der Waals surface area (Å²) in [6, 6.07) is 8.12. The van der Waals surface area contributed by atoms with Gasteiger partial charge >= 0.3 is 0 Å². The van der Waals surface area contributed by atoms with E-state index in [2.05, 4.69) is 34.1 Å². The number of hydrogen-bond acceptors (Lipinski definition) is 4. The first-order valence-electron chi connectivity index (χ1n) is 6.67. The van der Waals surface area contributed by atoms with Crippen molar-refractivity contribution in [3.8, 4) is 5.75 Å². The number of rotatable bonds is 6. The first-order chi connectivity index (χ1) is 9.58. The minimum Gasteiger partial charge on any atom is -0.486 e. The van der Waals surface area contributed by atoms with Crippen molar-refractivity contribution >= 4 is 15.9 Å². The van der Waals surface area contributed by atoms with Crippen LogP contribution in [0.15, 0.2) is 33.3 Å². The van der Waals surface area contributed by atoms with Gasteiger partial charge in [-0.05, 0) is 53.4 Å². The van der Waals surface area contributed by atoms with Crippen LogP contribution in [0, 0.1) is 6.92 Å². The maximum Gasteiger partial charge on any atom is 0.134 e. The third kappa shape index (κ3) is 4.08. The van der Waals surface area contributed by atoms with E-state index in [1.165, 1.54) is 5.56 Å². The van der Waals surface area contributed by atoms with Crippen molar-refractivity contribution in [2.75, 3.05) is 0 Å². The third-order valence-corrected chi connectivity index (χ3v) is 3.69. The summed E-state index contributed by atoms with van der Waals surface area (Å²) in [5.41, 5.74) is 7.95. The van der Waals surface area contributed by atoms with Gasteiger partial charge in [0.25, 0.3) is 0 Å². The molecule has 5 heteroatoms. The zero-order valence-electron chi connectivity index (χ0n) is 11.7. The van der Waals surface area contributed by atoms with Crippen LogP contribution in [-0.2, 0) is 13.0 Å². The van der Waals surface area contributed by atoms with Crippen LogP contribution in [0.2, 0.25) is 0 Å². The van der Waals surface area contributed by atoms with Crippen LogP contribution in [0.1, 0.15) is 30.4 Å². The molecule has 0 saturated heterocycles. The fraction of sp³-hybridized carbons (Fsp3) is 0.400. The molecule has 0 aliphatic rings. The molecular formula is C15H19BrN2O2. The molecule has 2 aromatic rings. The van der Waals surface area contributed by atoms with E-state index in [9.17, 15) is 0 Å². The Labute approximate surface area is 127 Å². The molecule has 2 rings (SSSR count). The highest BCUT2D eigenvalue weighted by Gasteiger charge is 2.07. The SMILES string of the molecule is CCC(N)Cc1ccc(OCc2cc(C)on2)c(Br)c1. The lowest BCUT2D eigenvalue weighted by molar-refractivity contribution is 0.286. The Morgan fingerprint density at radius 1 is 1.40 bits per heavy atom. The van der Waals surface area contributed by atoms with Gasteiger partial charge in [-0.15, -0.1) is 0 Å². The Balaban J connectivity index is 1.98. The Kier molecular flexibility index (Phi) is 5.20. The van der Waals surface area contributed by atoms with Gasteiger partial charge in [-0.1, -0.05) is 18.1 Å². The summed E-state index contributed by atoms with van der Waals surface area (Å²) in [5, 5.41) is 3.90. The van der Waals surface area contributed by atoms with Gasteiger partial charge in [-0.3, -0.25) is 0 Å². The molecule has 0 amide bonds. The van der Waals surface area contributed by atoms with Crippen LogP contribution in [-0.4, -0.2) is 11.2 Å². The highest BCUT2D eigenvalue weighted by Crippen LogP contribution is 2.27. The molecule has 1 heterocycles. The number of benzene rings is 1. The van der Waals surface area contributed by atoms with E-state index in [1.54, 1.807) is 0 Å². The Hall–Kier alpha value is -1.33. The van der Waals surface area contributed by atoms with E-state index < -0.39 is 0 Å². The Morgan fingerprint density at radius 3 is 2.80 bits per heavy atom. The highest BCUT2D eigenvalue weighted by molar-refractivity contribution is 9.10. The first kappa shape index (κ1) is 15.1. The quantitative estimate of drug-likeness (QED) is 0.873. The summed E-state index contributed by atoms with van der Waals surface area (Å²) in [7, 11) is 0. The van der Waals surface area contributed by atoms with Crippen molar-refractivity contribution in [3.05, 3.63) is 45.8 Å². The van der Waals surface area contributed by atoms with Gasteiger partial charge in [-0.25, -0.2) is 0 Å². The molecule has 0 saturated carbocycles. The summed E-state index contributed by atoms with van der Waals surface area (Å²) in [4.78, 5) is 0. The lowest BCUT2D eigenvalue weighted by atomic mass is 10.0. The van der Waals surface area contributed by atoms with Crippen molar-refractivity contribution in [2.45, 2.75) is 39.3 Å². The molecule has 0 radical (unpaired) electrons. The van der Waals surface area contributed by atoms with Gasteiger partial charge < -0.3 is 15.0 Å². The number of aryl methyl sites for hydroxylation is 1. The van der Waals surface area contributed by atoms with E-state index in [4.69, 9.17) is 15.0 Å². The minimum absolute atomic E-state index is 0.201.